The first-order valence-electron chi connectivity index (χ1n) is 5.04. The van der Waals surface area contributed by atoms with Crippen LogP contribution in [-0.4, -0.2) is 13.1 Å². The van der Waals surface area contributed by atoms with Crippen LogP contribution in [0.4, 0.5) is 8.78 Å². The van der Waals surface area contributed by atoms with Crippen molar-refractivity contribution in [1.29, 1.82) is 0 Å². The van der Waals surface area contributed by atoms with Gasteiger partial charge in [0.15, 0.2) is 0 Å². The molecule has 1 unspecified atom stereocenters. The van der Waals surface area contributed by atoms with Crippen LogP contribution in [0.25, 0.3) is 0 Å². The minimum Gasteiger partial charge on any atom is -0.330 e. The molecule has 2 nitrogen and oxygen atoms in total. The molecule has 0 aliphatic rings. The van der Waals surface area contributed by atoms with E-state index in [0.717, 1.165) is 6.42 Å². The van der Waals surface area contributed by atoms with Crippen molar-refractivity contribution in [3.63, 3.8) is 0 Å². The van der Waals surface area contributed by atoms with Crippen LogP contribution in [0.15, 0.2) is 18.2 Å². The zero-order chi connectivity index (χ0) is 11.3. The normalized spacial score (nSPS) is 12.8. The van der Waals surface area contributed by atoms with E-state index in [2.05, 4.69) is 5.32 Å². The summed E-state index contributed by atoms with van der Waals surface area (Å²) in [6, 6.07) is 3.55. The molecular weight excluding hydrogens is 198 g/mol. The maximum absolute atomic E-state index is 13.3. The first-order valence-corrected chi connectivity index (χ1v) is 5.04. The van der Waals surface area contributed by atoms with Crippen molar-refractivity contribution in [2.45, 2.75) is 19.4 Å². The summed E-state index contributed by atoms with van der Waals surface area (Å²) in [7, 11) is 0. The van der Waals surface area contributed by atoms with E-state index >= 15 is 0 Å². The largest absolute Gasteiger partial charge is 0.330 e. The van der Waals surface area contributed by atoms with Gasteiger partial charge in [0.05, 0.1) is 0 Å². The van der Waals surface area contributed by atoms with E-state index in [9.17, 15) is 8.78 Å². The van der Waals surface area contributed by atoms with Crippen molar-refractivity contribution >= 4 is 0 Å². The molecule has 0 aliphatic heterocycles. The lowest BCUT2D eigenvalue weighted by Gasteiger charge is -2.15. The van der Waals surface area contributed by atoms with E-state index in [1.54, 1.807) is 6.92 Å². The van der Waals surface area contributed by atoms with Gasteiger partial charge in [-0.3, -0.25) is 0 Å². The Bertz CT molecular complexity index is 295. The van der Waals surface area contributed by atoms with Crippen molar-refractivity contribution in [2.24, 2.45) is 5.73 Å². The quantitative estimate of drug-likeness (QED) is 0.735. The van der Waals surface area contributed by atoms with Crippen molar-refractivity contribution in [3.8, 4) is 0 Å². The lowest BCUT2D eigenvalue weighted by molar-refractivity contribution is 0.485. The fourth-order valence-corrected chi connectivity index (χ4v) is 1.45. The molecular formula is C11H16F2N2. The SMILES string of the molecule is CC(NCCCN)c1c(F)cccc1F. The molecule has 3 N–H and O–H groups in total. The van der Waals surface area contributed by atoms with Gasteiger partial charge in [0, 0.05) is 11.6 Å². The molecule has 0 saturated carbocycles. The monoisotopic (exact) mass is 214 g/mol. The first kappa shape index (κ1) is 12.1. The highest BCUT2D eigenvalue weighted by atomic mass is 19.1. The number of rotatable bonds is 5. The summed E-state index contributed by atoms with van der Waals surface area (Å²) in [6.45, 7) is 2.96. The van der Waals surface area contributed by atoms with Gasteiger partial charge in [-0.2, -0.15) is 0 Å². The second kappa shape index (κ2) is 5.78. The second-order valence-electron chi connectivity index (χ2n) is 3.45. The molecule has 0 aliphatic carbocycles. The van der Waals surface area contributed by atoms with E-state index in [4.69, 9.17) is 5.73 Å². The molecule has 1 rings (SSSR count). The summed E-state index contributed by atoms with van der Waals surface area (Å²) >= 11 is 0. The third-order valence-corrected chi connectivity index (χ3v) is 2.26. The standard InChI is InChI=1S/C11H16F2N2/c1-8(15-7-3-6-14)11-9(12)4-2-5-10(11)13/h2,4-5,8,15H,3,6-7,14H2,1H3. The van der Waals surface area contributed by atoms with Crippen LogP contribution in [0.1, 0.15) is 24.9 Å². The Kier molecular flexibility index (Phi) is 4.65. The van der Waals surface area contributed by atoms with Gasteiger partial charge < -0.3 is 11.1 Å². The highest BCUT2D eigenvalue weighted by molar-refractivity contribution is 5.22. The molecule has 0 saturated heterocycles. The number of benzene rings is 1. The van der Waals surface area contributed by atoms with Gasteiger partial charge in [0.1, 0.15) is 11.6 Å². The van der Waals surface area contributed by atoms with E-state index < -0.39 is 11.6 Å². The van der Waals surface area contributed by atoms with Crippen molar-refractivity contribution < 1.29 is 8.78 Å². The van der Waals surface area contributed by atoms with Crippen LogP contribution < -0.4 is 11.1 Å². The average Bonchev–Trinajstić information content (AvgIpc) is 2.18. The average molecular weight is 214 g/mol. The summed E-state index contributed by atoms with van der Waals surface area (Å²) in [4.78, 5) is 0. The summed E-state index contributed by atoms with van der Waals surface area (Å²) in [6.07, 6.45) is 0.792. The Morgan fingerprint density at radius 3 is 2.47 bits per heavy atom. The van der Waals surface area contributed by atoms with Crippen molar-refractivity contribution in [1.82, 2.24) is 5.32 Å². The molecule has 1 atom stereocenters. The number of hydrogen-bond donors (Lipinski definition) is 2. The summed E-state index contributed by atoms with van der Waals surface area (Å²) in [5.74, 6) is -1.02. The molecule has 0 spiro atoms. The summed E-state index contributed by atoms with van der Waals surface area (Å²) in [5.41, 5.74) is 5.42. The van der Waals surface area contributed by atoms with Gasteiger partial charge in [-0.25, -0.2) is 8.78 Å². The lowest BCUT2D eigenvalue weighted by atomic mass is 10.1. The Morgan fingerprint density at radius 2 is 1.93 bits per heavy atom. The Balaban J connectivity index is 2.68. The van der Waals surface area contributed by atoms with E-state index in [1.807, 2.05) is 0 Å². The van der Waals surface area contributed by atoms with Gasteiger partial charge in [-0.15, -0.1) is 0 Å². The van der Waals surface area contributed by atoms with E-state index in [0.29, 0.717) is 13.1 Å². The van der Waals surface area contributed by atoms with Gasteiger partial charge >= 0.3 is 0 Å². The third-order valence-electron chi connectivity index (χ3n) is 2.26. The highest BCUT2D eigenvalue weighted by Gasteiger charge is 2.14. The number of hydrogen-bond acceptors (Lipinski definition) is 2. The van der Waals surface area contributed by atoms with E-state index in [-0.39, 0.29) is 11.6 Å². The van der Waals surface area contributed by atoms with Crippen LogP contribution in [0, 0.1) is 11.6 Å². The predicted molar refractivity (Wildman–Crippen MR) is 56.4 cm³/mol. The third kappa shape index (κ3) is 3.25. The molecule has 1 aromatic rings. The van der Waals surface area contributed by atoms with Gasteiger partial charge in [-0.05, 0) is 38.6 Å². The Labute approximate surface area is 88.5 Å². The molecule has 1 aromatic carbocycles. The van der Waals surface area contributed by atoms with Crippen molar-refractivity contribution in [3.05, 3.63) is 35.4 Å². The molecule has 0 heterocycles. The summed E-state index contributed by atoms with van der Waals surface area (Å²) in [5, 5.41) is 3.02. The second-order valence-corrected chi connectivity index (χ2v) is 3.45. The van der Waals surface area contributed by atoms with Crippen LogP contribution in [0.5, 0.6) is 0 Å². The van der Waals surface area contributed by atoms with Crippen LogP contribution in [0.2, 0.25) is 0 Å². The lowest BCUT2D eigenvalue weighted by Crippen LogP contribution is -2.23. The van der Waals surface area contributed by atoms with E-state index in [1.165, 1.54) is 18.2 Å². The topological polar surface area (TPSA) is 38.0 Å². The van der Waals surface area contributed by atoms with Crippen LogP contribution >= 0.6 is 0 Å². The summed E-state index contributed by atoms with van der Waals surface area (Å²) < 4.78 is 26.6. The minimum atomic E-state index is -0.511. The molecule has 15 heavy (non-hydrogen) atoms. The molecule has 0 fully saturated rings. The van der Waals surface area contributed by atoms with Gasteiger partial charge in [0.25, 0.3) is 0 Å². The zero-order valence-corrected chi connectivity index (χ0v) is 8.76. The van der Waals surface area contributed by atoms with Crippen LogP contribution in [0.3, 0.4) is 0 Å². The number of nitrogens with two attached hydrogens (primary N) is 1. The fourth-order valence-electron chi connectivity index (χ4n) is 1.45. The van der Waals surface area contributed by atoms with Crippen LogP contribution in [-0.2, 0) is 0 Å². The molecule has 4 heteroatoms. The number of nitrogens with one attached hydrogen (secondary N) is 1. The predicted octanol–water partition coefficient (Wildman–Crippen LogP) is 1.96. The molecule has 84 valence electrons. The molecule has 0 amide bonds. The molecule has 0 bridgehead atoms. The zero-order valence-electron chi connectivity index (χ0n) is 8.76. The smallest absolute Gasteiger partial charge is 0.130 e. The maximum atomic E-state index is 13.3. The van der Waals surface area contributed by atoms with Gasteiger partial charge in [-0.1, -0.05) is 6.07 Å². The Morgan fingerprint density at radius 1 is 1.33 bits per heavy atom. The molecule has 0 aromatic heterocycles. The van der Waals surface area contributed by atoms with Crippen molar-refractivity contribution in [2.75, 3.05) is 13.1 Å². The maximum Gasteiger partial charge on any atom is 0.130 e. The number of halogens is 2. The fraction of sp³-hybridized carbons (Fsp3) is 0.455. The minimum absolute atomic E-state index is 0.0921. The Hall–Kier alpha value is -1.00. The van der Waals surface area contributed by atoms with Gasteiger partial charge in [0.2, 0.25) is 0 Å². The first-order chi connectivity index (χ1) is 7.16. The molecule has 0 radical (unpaired) electrons. The highest BCUT2D eigenvalue weighted by Crippen LogP contribution is 2.19.